The van der Waals surface area contributed by atoms with Crippen LogP contribution in [0.1, 0.15) is 5.56 Å². The van der Waals surface area contributed by atoms with E-state index in [4.69, 9.17) is 4.74 Å². The highest BCUT2D eigenvalue weighted by Crippen LogP contribution is 2.20. The molecule has 4 nitrogen and oxygen atoms in total. The van der Waals surface area contributed by atoms with Crippen molar-refractivity contribution in [3.05, 3.63) is 66.4 Å². The Kier molecular flexibility index (Phi) is 5.00. The first-order chi connectivity index (χ1) is 12.4. The van der Waals surface area contributed by atoms with Gasteiger partial charge < -0.3 is 9.72 Å². The maximum absolute atomic E-state index is 5.81. The Morgan fingerprint density at radius 3 is 2.40 bits per heavy atom. The van der Waals surface area contributed by atoms with E-state index in [-0.39, 0.29) is 0 Å². The molecule has 1 aliphatic rings. The molecule has 25 heavy (non-hydrogen) atoms. The van der Waals surface area contributed by atoms with E-state index in [9.17, 15) is 0 Å². The number of hydrogen-bond acceptors (Lipinski definition) is 3. The van der Waals surface area contributed by atoms with E-state index in [1.807, 2.05) is 30.3 Å². The molecule has 1 aliphatic heterocycles. The van der Waals surface area contributed by atoms with E-state index in [1.165, 1.54) is 16.5 Å². The molecule has 1 N–H and O–H groups in total. The molecular formula is C21H25N3O. The van der Waals surface area contributed by atoms with Crippen LogP contribution < -0.4 is 4.74 Å². The van der Waals surface area contributed by atoms with E-state index in [2.05, 4.69) is 45.2 Å². The highest BCUT2D eigenvalue weighted by molar-refractivity contribution is 5.82. The lowest BCUT2D eigenvalue weighted by atomic mass is 10.1. The predicted octanol–water partition coefficient (Wildman–Crippen LogP) is 3.36. The molecule has 0 aliphatic carbocycles. The lowest BCUT2D eigenvalue weighted by Crippen LogP contribution is -2.46. The summed E-state index contributed by atoms with van der Waals surface area (Å²) < 4.78 is 5.81. The van der Waals surface area contributed by atoms with Gasteiger partial charge in [-0.05, 0) is 23.8 Å². The van der Waals surface area contributed by atoms with Crippen molar-refractivity contribution >= 4 is 10.9 Å². The number of piperazine rings is 1. The minimum atomic E-state index is 0.756. The van der Waals surface area contributed by atoms with Crippen LogP contribution in [0.3, 0.4) is 0 Å². The normalized spacial score (nSPS) is 16.3. The molecule has 0 atom stereocenters. The van der Waals surface area contributed by atoms with Gasteiger partial charge in [0.2, 0.25) is 0 Å². The number of rotatable bonds is 6. The molecule has 1 fully saturated rings. The van der Waals surface area contributed by atoms with E-state index in [1.54, 1.807) is 0 Å². The van der Waals surface area contributed by atoms with Gasteiger partial charge in [0.25, 0.3) is 0 Å². The minimum absolute atomic E-state index is 0.756. The molecule has 4 heteroatoms. The largest absolute Gasteiger partial charge is 0.492 e. The van der Waals surface area contributed by atoms with Crippen LogP contribution in [0, 0.1) is 0 Å². The average molecular weight is 335 g/mol. The SMILES string of the molecule is c1ccc(OCCN2CCN(Cc3c[nH]c4ccccc34)CC2)cc1. The Hall–Kier alpha value is -2.30. The Bertz CT molecular complexity index is 791. The molecule has 4 rings (SSSR count). The number of aromatic nitrogens is 1. The zero-order valence-electron chi connectivity index (χ0n) is 14.5. The first-order valence-corrected chi connectivity index (χ1v) is 9.06. The standard InChI is InChI=1S/C21H25N3O/c1-2-6-19(7-3-1)25-15-14-23-10-12-24(13-11-23)17-18-16-22-21-9-5-4-8-20(18)21/h1-9,16,22H,10-15,17H2. The zero-order chi connectivity index (χ0) is 16.9. The van der Waals surface area contributed by atoms with Gasteiger partial charge in [-0.2, -0.15) is 0 Å². The molecular weight excluding hydrogens is 310 g/mol. The van der Waals surface area contributed by atoms with E-state index in [0.29, 0.717) is 0 Å². The van der Waals surface area contributed by atoms with Gasteiger partial charge in [-0.3, -0.25) is 9.80 Å². The van der Waals surface area contributed by atoms with Crippen LogP contribution in [-0.2, 0) is 6.54 Å². The fourth-order valence-electron chi connectivity index (χ4n) is 3.48. The second-order valence-corrected chi connectivity index (χ2v) is 6.64. The van der Waals surface area contributed by atoms with Gasteiger partial charge in [0.1, 0.15) is 12.4 Å². The number of H-pyrrole nitrogens is 1. The van der Waals surface area contributed by atoms with Crippen molar-refractivity contribution in [3.63, 3.8) is 0 Å². The number of ether oxygens (including phenoxy) is 1. The second-order valence-electron chi connectivity index (χ2n) is 6.64. The molecule has 2 heterocycles. The summed E-state index contributed by atoms with van der Waals surface area (Å²) in [6.07, 6.45) is 2.16. The first-order valence-electron chi connectivity index (χ1n) is 9.06. The summed E-state index contributed by atoms with van der Waals surface area (Å²) >= 11 is 0. The first kappa shape index (κ1) is 16.2. The van der Waals surface area contributed by atoms with Crippen LogP contribution in [0.2, 0.25) is 0 Å². The third-order valence-corrected chi connectivity index (χ3v) is 4.95. The summed E-state index contributed by atoms with van der Waals surface area (Å²) in [6.45, 7) is 7.23. The minimum Gasteiger partial charge on any atom is -0.492 e. The monoisotopic (exact) mass is 335 g/mol. The van der Waals surface area contributed by atoms with Gasteiger partial charge >= 0.3 is 0 Å². The Morgan fingerprint density at radius 2 is 1.56 bits per heavy atom. The van der Waals surface area contributed by atoms with Crippen molar-refractivity contribution in [1.29, 1.82) is 0 Å². The van der Waals surface area contributed by atoms with E-state index in [0.717, 1.165) is 51.6 Å². The van der Waals surface area contributed by atoms with Crippen LogP contribution in [-0.4, -0.2) is 54.1 Å². The fraction of sp³-hybridized carbons (Fsp3) is 0.333. The van der Waals surface area contributed by atoms with Gasteiger partial charge in [0, 0.05) is 56.4 Å². The van der Waals surface area contributed by atoms with Gasteiger partial charge in [0.15, 0.2) is 0 Å². The Balaban J connectivity index is 1.23. The quantitative estimate of drug-likeness (QED) is 0.749. The Morgan fingerprint density at radius 1 is 0.840 bits per heavy atom. The lowest BCUT2D eigenvalue weighted by molar-refractivity contribution is 0.113. The molecule has 1 saturated heterocycles. The third-order valence-electron chi connectivity index (χ3n) is 4.95. The number of aromatic amines is 1. The summed E-state index contributed by atoms with van der Waals surface area (Å²) in [5.41, 5.74) is 2.63. The van der Waals surface area contributed by atoms with Crippen molar-refractivity contribution in [2.45, 2.75) is 6.54 Å². The molecule has 0 bridgehead atoms. The van der Waals surface area contributed by atoms with Crippen molar-refractivity contribution < 1.29 is 4.74 Å². The molecule has 130 valence electrons. The summed E-state index contributed by atoms with van der Waals surface area (Å²) in [4.78, 5) is 8.42. The number of nitrogens with one attached hydrogen (secondary N) is 1. The fourth-order valence-corrected chi connectivity index (χ4v) is 3.48. The van der Waals surface area contributed by atoms with Gasteiger partial charge in [-0.25, -0.2) is 0 Å². The summed E-state index contributed by atoms with van der Waals surface area (Å²) in [6, 6.07) is 18.6. The highest BCUT2D eigenvalue weighted by Gasteiger charge is 2.17. The average Bonchev–Trinajstić information content (AvgIpc) is 3.07. The van der Waals surface area contributed by atoms with Crippen molar-refractivity contribution in [3.8, 4) is 5.75 Å². The van der Waals surface area contributed by atoms with Crippen molar-refractivity contribution in [2.24, 2.45) is 0 Å². The van der Waals surface area contributed by atoms with Crippen molar-refractivity contribution in [1.82, 2.24) is 14.8 Å². The maximum atomic E-state index is 5.81. The number of hydrogen-bond donors (Lipinski definition) is 1. The summed E-state index contributed by atoms with van der Waals surface area (Å²) in [5, 5.41) is 1.35. The van der Waals surface area contributed by atoms with E-state index < -0.39 is 0 Å². The number of para-hydroxylation sites is 2. The lowest BCUT2D eigenvalue weighted by Gasteiger charge is -2.34. The zero-order valence-corrected chi connectivity index (χ0v) is 14.5. The molecule has 0 amide bonds. The maximum Gasteiger partial charge on any atom is 0.119 e. The molecule has 0 spiro atoms. The van der Waals surface area contributed by atoms with Crippen LogP contribution >= 0.6 is 0 Å². The van der Waals surface area contributed by atoms with E-state index >= 15 is 0 Å². The number of fused-ring (bicyclic) bond motifs is 1. The van der Waals surface area contributed by atoms with Gasteiger partial charge in [-0.15, -0.1) is 0 Å². The predicted molar refractivity (Wildman–Crippen MR) is 102 cm³/mol. The molecule has 0 saturated carbocycles. The second kappa shape index (κ2) is 7.72. The molecule has 0 radical (unpaired) electrons. The summed E-state index contributed by atoms with van der Waals surface area (Å²) in [7, 11) is 0. The number of nitrogens with zero attached hydrogens (tertiary/aromatic N) is 2. The van der Waals surface area contributed by atoms with Gasteiger partial charge in [0.05, 0.1) is 0 Å². The van der Waals surface area contributed by atoms with Crippen molar-refractivity contribution in [2.75, 3.05) is 39.3 Å². The van der Waals surface area contributed by atoms with Crippen LogP contribution in [0.25, 0.3) is 10.9 Å². The van der Waals surface area contributed by atoms with Crippen LogP contribution in [0.15, 0.2) is 60.8 Å². The molecule has 3 aromatic rings. The summed E-state index contributed by atoms with van der Waals surface area (Å²) in [5.74, 6) is 0.959. The molecule has 1 aromatic heterocycles. The third kappa shape index (κ3) is 4.03. The van der Waals surface area contributed by atoms with Gasteiger partial charge in [-0.1, -0.05) is 36.4 Å². The van der Waals surface area contributed by atoms with Crippen LogP contribution in [0.5, 0.6) is 5.75 Å². The molecule has 0 unspecified atom stereocenters. The van der Waals surface area contributed by atoms with Crippen LogP contribution in [0.4, 0.5) is 0 Å². The smallest absolute Gasteiger partial charge is 0.119 e. The highest BCUT2D eigenvalue weighted by atomic mass is 16.5. The number of benzene rings is 2. The topological polar surface area (TPSA) is 31.5 Å². The Labute approximate surface area is 149 Å². The molecule has 2 aromatic carbocycles.